The molecule has 3 aromatic rings. The largest absolute Gasteiger partial charge is 0.490 e. The molecule has 26 heavy (non-hydrogen) atoms. The Balaban J connectivity index is 1.77. The Morgan fingerprint density at radius 2 is 2.19 bits per heavy atom. The van der Waals surface area contributed by atoms with Crippen molar-refractivity contribution in [1.29, 1.82) is 0 Å². The van der Waals surface area contributed by atoms with Crippen molar-refractivity contribution in [1.82, 2.24) is 9.97 Å². The second-order valence-electron chi connectivity index (χ2n) is 5.23. The van der Waals surface area contributed by atoms with Crippen molar-refractivity contribution in [2.75, 3.05) is 18.6 Å². The van der Waals surface area contributed by atoms with Crippen LogP contribution in [0.15, 0.2) is 41.5 Å². The lowest BCUT2D eigenvalue weighted by molar-refractivity contribution is 0.299. The number of aromatic amines is 1. The van der Waals surface area contributed by atoms with Crippen LogP contribution in [0.25, 0.3) is 11.0 Å². The van der Waals surface area contributed by atoms with E-state index in [9.17, 15) is 0 Å². The number of para-hydroxylation sites is 2. The van der Waals surface area contributed by atoms with Crippen LogP contribution in [0.3, 0.4) is 0 Å². The minimum atomic E-state index is 0.112. The highest BCUT2D eigenvalue weighted by molar-refractivity contribution is 6.32. The van der Waals surface area contributed by atoms with Gasteiger partial charge >= 0.3 is 0 Å². The van der Waals surface area contributed by atoms with Crippen molar-refractivity contribution in [2.24, 2.45) is 5.10 Å². The molecule has 2 aromatic carbocycles. The first-order valence-corrected chi connectivity index (χ1v) is 8.35. The molecule has 6 nitrogen and oxygen atoms in total. The fraction of sp³-hybridized carbons (Fsp3) is 0.158. The third-order valence-electron chi connectivity index (χ3n) is 3.40. The maximum Gasteiger partial charge on any atom is 0.222 e. The summed E-state index contributed by atoms with van der Waals surface area (Å²) < 4.78 is 11.0. The third-order valence-corrected chi connectivity index (χ3v) is 3.69. The summed E-state index contributed by atoms with van der Waals surface area (Å²) in [5.41, 5.74) is 5.40. The first kappa shape index (κ1) is 17.6. The second-order valence-corrected chi connectivity index (χ2v) is 5.64. The van der Waals surface area contributed by atoms with Crippen LogP contribution in [0.2, 0.25) is 5.02 Å². The number of ether oxygens (including phenoxy) is 2. The van der Waals surface area contributed by atoms with Crippen molar-refractivity contribution in [3.8, 4) is 23.8 Å². The summed E-state index contributed by atoms with van der Waals surface area (Å²) in [7, 11) is 0. The van der Waals surface area contributed by atoms with Gasteiger partial charge in [0.15, 0.2) is 11.5 Å². The molecular weight excluding hydrogens is 352 g/mol. The molecule has 0 radical (unpaired) electrons. The van der Waals surface area contributed by atoms with E-state index >= 15 is 0 Å². The molecule has 0 bridgehead atoms. The van der Waals surface area contributed by atoms with E-state index in [0.717, 1.165) is 16.6 Å². The topological polar surface area (TPSA) is 71.5 Å². The maximum atomic E-state index is 6.28. The Bertz CT molecular complexity index is 942. The maximum absolute atomic E-state index is 6.28. The Kier molecular flexibility index (Phi) is 5.62. The Hall–Kier alpha value is -3.17. The summed E-state index contributed by atoms with van der Waals surface area (Å²) in [6.07, 6.45) is 6.85. The van der Waals surface area contributed by atoms with Crippen LogP contribution in [0, 0.1) is 12.3 Å². The SMILES string of the molecule is C#CCOc1c(Cl)cc(/C=N/Nc2nc3ccccc3[nH]2)cc1OCC. The van der Waals surface area contributed by atoms with E-state index < -0.39 is 0 Å². The molecule has 0 aliphatic carbocycles. The average Bonchev–Trinajstić information content (AvgIpc) is 3.04. The second kappa shape index (κ2) is 8.28. The smallest absolute Gasteiger partial charge is 0.222 e. The summed E-state index contributed by atoms with van der Waals surface area (Å²) in [6.45, 7) is 2.46. The van der Waals surface area contributed by atoms with Gasteiger partial charge in [-0.1, -0.05) is 29.7 Å². The number of nitrogens with one attached hydrogen (secondary N) is 2. The van der Waals surface area contributed by atoms with Crippen molar-refractivity contribution >= 4 is 34.8 Å². The Labute approximate surface area is 156 Å². The molecule has 7 heteroatoms. The number of hydrazone groups is 1. The van der Waals surface area contributed by atoms with Gasteiger partial charge in [0.2, 0.25) is 5.95 Å². The fourth-order valence-corrected chi connectivity index (χ4v) is 2.63. The monoisotopic (exact) mass is 368 g/mol. The molecule has 0 saturated heterocycles. The minimum Gasteiger partial charge on any atom is -0.490 e. The quantitative estimate of drug-likeness (QED) is 0.374. The van der Waals surface area contributed by atoms with Crippen LogP contribution in [0.1, 0.15) is 12.5 Å². The van der Waals surface area contributed by atoms with Crippen LogP contribution in [0.4, 0.5) is 5.95 Å². The highest BCUT2D eigenvalue weighted by Crippen LogP contribution is 2.36. The summed E-state index contributed by atoms with van der Waals surface area (Å²) in [5, 5.41) is 4.58. The molecule has 0 unspecified atom stereocenters. The number of nitrogens with zero attached hydrogens (tertiary/aromatic N) is 2. The summed E-state index contributed by atoms with van der Waals surface area (Å²) in [4.78, 5) is 7.52. The lowest BCUT2D eigenvalue weighted by atomic mass is 10.2. The van der Waals surface area contributed by atoms with E-state index in [1.54, 1.807) is 18.3 Å². The molecule has 0 aliphatic rings. The number of rotatable bonds is 7. The first-order chi connectivity index (χ1) is 12.7. The van der Waals surface area contributed by atoms with Gasteiger partial charge in [0.25, 0.3) is 0 Å². The molecule has 1 heterocycles. The van der Waals surface area contributed by atoms with Crippen molar-refractivity contribution in [3.05, 3.63) is 47.0 Å². The van der Waals surface area contributed by atoms with Crippen LogP contribution >= 0.6 is 11.6 Å². The predicted molar refractivity (Wildman–Crippen MR) is 104 cm³/mol. The van der Waals surface area contributed by atoms with Gasteiger partial charge in [-0.3, -0.25) is 0 Å². The molecule has 0 atom stereocenters. The van der Waals surface area contributed by atoms with E-state index in [-0.39, 0.29) is 6.61 Å². The highest BCUT2D eigenvalue weighted by Gasteiger charge is 2.12. The zero-order valence-corrected chi connectivity index (χ0v) is 14.9. The molecule has 0 aliphatic heterocycles. The van der Waals surface area contributed by atoms with Crippen molar-refractivity contribution < 1.29 is 9.47 Å². The van der Waals surface area contributed by atoms with Crippen LogP contribution in [0.5, 0.6) is 11.5 Å². The number of terminal acetylenes is 1. The molecule has 132 valence electrons. The minimum absolute atomic E-state index is 0.112. The molecule has 0 fully saturated rings. The standard InChI is InChI=1S/C19H17ClN4O2/c1-3-9-26-18-14(20)10-13(11-17(18)25-4-2)12-21-24-19-22-15-7-5-6-8-16(15)23-19/h1,5-8,10-12H,4,9H2,2H3,(H2,22,23,24)/b21-12+. The van der Waals surface area contributed by atoms with Crippen LogP contribution in [-0.2, 0) is 0 Å². The molecule has 2 N–H and O–H groups in total. The molecular formula is C19H17ClN4O2. The summed E-state index contributed by atoms with van der Waals surface area (Å²) >= 11 is 6.28. The van der Waals surface area contributed by atoms with Gasteiger partial charge in [-0.05, 0) is 36.8 Å². The number of anilines is 1. The van der Waals surface area contributed by atoms with E-state index in [4.69, 9.17) is 27.5 Å². The van der Waals surface area contributed by atoms with Crippen LogP contribution in [-0.4, -0.2) is 29.4 Å². The molecule has 0 saturated carbocycles. The van der Waals surface area contributed by atoms with Crippen molar-refractivity contribution in [3.63, 3.8) is 0 Å². The number of fused-ring (bicyclic) bond motifs is 1. The van der Waals surface area contributed by atoms with Crippen LogP contribution < -0.4 is 14.9 Å². The molecule has 1 aromatic heterocycles. The zero-order chi connectivity index (χ0) is 18.4. The lowest BCUT2D eigenvalue weighted by Crippen LogP contribution is -2.01. The zero-order valence-electron chi connectivity index (χ0n) is 14.1. The summed E-state index contributed by atoms with van der Waals surface area (Å²) in [6, 6.07) is 11.2. The van der Waals surface area contributed by atoms with Gasteiger partial charge in [0.05, 0.1) is 28.9 Å². The van der Waals surface area contributed by atoms with E-state index in [0.29, 0.717) is 29.1 Å². The van der Waals surface area contributed by atoms with Gasteiger partial charge in [-0.25, -0.2) is 10.4 Å². The number of H-pyrrole nitrogens is 1. The van der Waals surface area contributed by atoms with Crippen molar-refractivity contribution in [2.45, 2.75) is 6.92 Å². The average molecular weight is 369 g/mol. The predicted octanol–water partition coefficient (Wildman–Crippen LogP) is 4.07. The number of benzene rings is 2. The first-order valence-electron chi connectivity index (χ1n) is 7.97. The normalized spacial score (nSPS) is 10.8. The molecule has 0 amide bonds. The van der Waals surface area contributed by atoms with E-state index in [1.165, 1.54) is 0 Å². The summed E-state index contributed by atoms with van der Waals surface area (Å²) in [5.74, 6) is 3.90. The lowest BCUT2D eigenvalue weighted by Gasteiger charge is -2.12. The number of halogens is 1. The number of aromatic nitrogens is 2. The number of hydrogen-bond acceptors (Lipinski definition) is 5. The molecule has 3 rings (SSSR count). The Morgan fingerprint density at radius 1 is 1.35 bits per heavy atom. The van der Waals surface area contributed by atoms with Gasteiger partial charge < -0.3 is 14.5 Å². The van der Waals surface area contributed by atoms with E-state index in [1.807, 2.05) is 31.2 Å². The van der Waals surface area contributed by atoms with E-state index in [2.05, 4.69) is 26.4 Å². The third kappa shape index (κ3) is 4.08. The highest BCUT2D eigenvalue weighted by atomic mass is 35.5. The van der Waals surface area contributed by atoms with Gasteiger partial charge in [-0.15, -0.1) is 6.42 Å². The molecule has 0 spiro atoms. The van der Waals surface area contributed by atoms with Gasteiger partial charge in [0.1, 0.15) is 6.61 Å². The Morgan fingerprint density at radius 3 is 2.96 bits per heavy atom. The number of imidazole rings is 1. The van der Waals surface area contributed by atoms with Gasteiger partial charge in [-0.2, -0.15) is 5.10 Å². The van der Waals surface area contributed by atoms with Gasteiger partial charge in [0, 0.05) is 0 Å². The number of hydrogen-bond donors (Lipinski definition) is 2. The fourth-order valence-electron chi connectivity index (χ4n) is 2.35.